The second kappa shape index (κ2) is 8.31. The van der Waals surface area contributed by atoms with Crippen LogP contribution in [0.5, 0.6) is 11.5 Å². The molecule has 3 atom stereocenters. The number of piperidine rings is 1. The number of fused-ring (bicyclic) bond motifs is 2. The molecule has 3 aromatic rings. The highest BCUT2D eigenvalue weighted by atomic mass is 19.1. The van der Waals surface area contributed by atoms with Crippen molar-refractivity contribution in [2.75, 3.05) is 6.54 Å². The van der Waals surface area contributed by atoms with Crippen molar-refractivity contribution in [1.82, 2.24) is 15.2 Å². The lowest BCUT2D eigenvalue weighted by molar-refractivity contribution is 0.0929. The number of aromatic nitrogens is 1. The van der Waals surface area contributed by atoms with Crippen LogP contribution in [0.25, 0.3) is 11.1 Å². The molecule has 1 amide bonds. The summed E-state index contributed by atoms with van der Waals surface area (Å²) in [5.74, 6) is 0.985. The minimum absolute atomic E-state index is 0.0239. The summed E-state index contributed by atoms with van der Waals surface area (Å²) in [4.78, 5) is 18.8. The molecule has 2 aromatic carbocycles. The van der Waals surface area contributed by atoms with Crippen LogP contribution in [0, 0.1) is 23.2 Å². The van der Waals surface area contributed by atoms with Gasteiger partial charge in [-0.15, -0.1) is 0 Å². The Morgan fingerprint density at radius 1 is 1.12 bits per heavy atom. The molecule has 2 aliphatic rings. The third-order valence-electron chi connectivity index (χ3n) is 6.29. The molecule has 1 aliphatic carbocycles. The van der Waals surface area contributed by atoms with Gasteiger partial charge in [-0.2, -0.15) is 5.26 Å². The molecular weight excluding hydrogens is 407 g/mol. The topological polar surface area (TPSA) is 78.3 Å². The molecule has 6 nitrogen and oxygen atoms in total. The zero-order valence-electron chi connectivity index (χ0n) is 17.2. The van der Waals surface area contributed by atoms with Crippen molar-refractivity contribution < 1.29 is 13.9 Å². The monoisotopic (exact) mass is 428 g/mol. The molecule has 1 aromatic heterocycles. The summed E-state index contributed by atoms with van der Waals surface area (Å²) in [5, 5.41) is 12.4. The molecule has 7 heteroatoms. The molecule has 2 unspecified atom stereocenters. The van der Waals surface area contributed by atoms with Crippen LogP contribution in [0.2, 0.25) is 0 Å². The first-order valence-corrected chi connectivity index (χ1v) is 10.6. The normalized spacial score (nSPS) is 21.2. The molecule has 1 N–H and O–H groups in total. The van der Waals surface area contributed by atoms with Gasteiger partial charge < -0.3 is 15.0 Å². The van der Waals surface area contributed by atoms with E-state index in [2.05, 4.69) is 16.5 Å². The van der Waals surface area contributed by atoms with E-state index in [0.29, 0.717) is 23.0 Å². The molecule has 0 radical (unpaired) electrons. The minimum atomic E-state index is -0.327. The van der Waals surface area contributed by atoms with E-state index in [9.17, 15) is 14.4 Å². The van der Waals surface area contributed by atoms with Crippen molar-refractivity contribution in [3.63, 3.8) is 0 Å². The first-order valence-electron chi connectivity index (χ1n) is 10.6. The highest BCUT2D eigenvalue weighted by molar-refractivity contribution is 5.95. The number of halogens is 1. The largest absolute Gasteiger partial charge is 0.457 e. The Balaban J connectivity index is 1.32. The third kappa shape index (κ3) is 3.76. The van der Waals surface area contributed by atoms with E-state index in [1.165, 1.54) is 12.1 Å². The number of nitrogens with one attached hydrogen (secondary N) is 1. The van der Waals surface area contributed by atoms with Crippen LogP contribution >= 0.6 is 0 Å². The maximum atomic E-state index is 13.2. The Morgan fingerprint density at radius 3 is 2.62 bits per heavy atom. The number of pyridine rings is 1. The Bertz CT molecular complexity index is 1170. The summed E-state index contributed by atoms with van der Waals surface area (Å²) in [6, 6.07) is 15.0. The van der Waals surface area contributed by atoms with Gasteiger partial charge in [-0.05, 0) is 66.8 Å². The molecule has 5 rings (SSSR count). The van der Waals surface area contributed by atoms with E-state index in [-0.39, 0.29) is 23.8 Å². The average Bonchev–Trinajstić information content (AvgIpc) is 3.37. The fourth-order valence-corrected chi connectivity index (χ4v) is 4.68. The Labute approximate surface area is 185 Å². The highest BCUT2D eigenvalue weighted by Gasteiger charge is 2.47. The van der Waals surface area contributed by atoms with Crippen molar-refractivity contribution in [3.05, 3.63) is 78.4 Å². The maximum Gasteiger partial charge on any atom is 0.251 e. The number of hydrogen-bond acceptors (Lipinski definition) is 5. The molecule has 160 valence electrons. The van der Waals surface area contributed by atoms with Crippen LogP contribution in [0.15, 0.2) is 67.0 Å². The summed E-state index contributed by atoms with van der Waals surface area (Å²) >= 11 is 0. The van der Waals surface area contributed by atoms with E-state index in [1.807, 2.05) is 12.1 Å². The van der Waals surface area contributed by atoms with Gasteiger partial charge in [0, 0.05) is 30.1 Å². The molecule has 32 heavy (non-hydrogen) atoms. The predicted molar refractivity (Wildman–Crippen MR) is 116 cm³/mol. The van der Waals surface area contributed by atoms with Crippen molar-refractivity contribution in [2.24, 2.45) is 5.92 Å². The van der Waals surface area contributed by atoms with Crippen LogP contribution in [0.4, 0.5) is 4.39 Å². The summed E-state index contributed by atoms with van der Waals surface area (Å²) < 4.78 is 19.1. The number of carbonyl (C=O) groups is 1. The van der Waals surface area contributed by atoms with Gasteiger partial charge in [0.2, 0.25) is 0 Å². The van der Waals surface area contributed by atoms with E-state index >= 15 is 0 Å². The molecule has 2 heterocycles. The standard InChI is InChI=1S/C25H21FN4O2/c26-19-6-8-20(9-7-19)32-23-11-12-28-13-21(23)16-1-3-17(4-2-16)25(31)29-24-18-5-10-22(24)30(14-18)15-27/h1-4,6-9,11-13,18,22,24H,5,10,14H2,(H,29,31)/t18?,22?,24-/m1/s1. The fraction of sp³-hybridized carbons (Fsp3) is 0.240. The first-order chi connectivity index (χ1) is 15.6. The lowest BCUT2D eigenvalue weighted by Crippen LogP contribution is -2.42. The molecule has 2 fully saturated rings. The number of ether oxygens (including phenoxy) is 1. The van der Waals surface area contributed by atoms with Gasteiger partial charge in [0.05, 0.1) is 12.1 Å². The summed E-state index contributed by atoms with van der Waals surface area (Å²) in [6.45, 7) is 0.725. The van der Waals surface area contributed by atoms with Crippen molar-refractivity contribution in [2.45, 2.75) is 24.9 Å². The second-order valence-electron chi connectivity index (χ2n) is 8.16. The second-order valence-corrected chi connectivity index (χ2v) is 8.16. The van der Waals surface area contributed by atoms with Gasteiger partial charge in [0.25, 0.3) is 5.91 Å². The number of likely N-dealkylation sites (tertiary alicyclic amines) is 1. The number of rotatable bonds is 5. The molecule has 1 saturated carbocycles. The van der Waals surface area contributed by atoms with E-state index < -0.39 is 0 Å². The molecule has 1 aliphatic heterocycles. The minimum Gasteiger partial charge on any atom is -0.457 e. The number of nitrogens with zero attached hydrogens (tertiary/aromatic N) is 3. The van der Waals surface area contributed by atoms with Crippen LogP contribution < -0.4 is 10.1 Å². The van der Waals surface area contributed by atoms with Crippen molar-refractivity contribution in [1.29, 1.82) is 5.26 Å². The quantitative estimate of drug-likeness (QED) is 0.611. The zero-order chi connectivity index (χ0) is 22.1. The molecule has 2 bridgehead atoms. The van der Waals surface area contributed by atoms with Crippen LogP contribution in [-0.4, -0.2) is 34.4 Å². The highest BCUT2D eigenvalue weighted by Crippen LogP contribution is 2.37. The van der Waals surface area contributed by atoms with Crippen LogP contribution in [0.3, 0.4) is 0 Å². The van der Waals surface area contributed by atoms with Crippen molar-refractivity contribution >= 4 is 5.91 Å². The predicted octanol–water partition coefficient (Wildman–Crippen LogP) is 4.35. The zero-order valence-corrected chi connectivity index (χ0v) is 17.2. The van der Waals surface area contributed by atoms with Crippen molar-refractivity contribution in [3.8, 4) is 28.8 Å². The number of amides is 1. The van der Waals surface area contributed by atoms with Crippen LogP contribution in [-0.2, 0) is 0 Å². The molecule has 0 spiro atoms. The number of benzene rings is 2. The van der Waals surface area contributed by atoms with E-state index in [0.717, 1.165) is 30.5 Å². The van der Waals surface area contributed by atoms with E-state index in [4.69, 9.17) is 4.74 Å². The van der Waals surface area contributed by atoms with E-state index in [1.54, 1.807) is 47.6 Å². The number of nitriles is 1. The number of hydrogen-bond donors (Lipinski definition) is 1. The summed E-state index contributed by atoms with van der Waals surface area (Å²) in [5.41, 5.74) is 2.18. The third-order valence-corrected chi connectivity index (χ3v) is 6.29. The number of carbonyl (C=O) groups excluding carboxylic acids is 1. The molecule has 1 saturated heterocycles. The van der Waals surface area contributed by atoms with Gasteiger partial charge in [0.15, 0.2) is 6.19 Å². The van der Waals surface area contributed by atoms with Gasteiger partial charge in [0.1, 0.15) is 17.3 Å². The van der Waals surface area contributed by atoms with Crippen LogP contribution in [0.1, 0.15) is 23.2 Å². The molecular formula is C25H21FN4O2. The SMILES string of the molecule is N#CN1CC2CCC1[C@@H]2NC(=O)c1ccc(-c2cnccc2Oc2ccc(F)cc2)cc1. The Morgan fingerprint density at radius 2 is 1.91 bits per heavy atom. The lowest BCUT2D eigenvalue weighted by Gasteiger charge is -2.21. The summed E-state index contributed by atoms with van der Waals surface area (Å²) in [6.07, 6.45) is 7.55. The maximum absolute atomic E-state index is 13.2. The summed E-state index contributed by atoms with van der Waals surface area (Å²) in [7, 11) is 0. The van der Waals surface area contributed by atoms with Gasteiger partial charge in [-0.1, -0.05) is 12.1 Å². The van der Waals surface area contributed by atoms with Gasteiger partial charge in [-0.25, -0.2) is 4.39 Å². The Hall–Kier alpha value is -3.92. The lowest BCUT2D eigenvalue weighted by atomic mass is 10.0. The smallest absolute Gasteiger partial charge is 0.251 e. The van der Waals surface area contributed by atoms with Gasteiger partial charge in [-0.3, -0.25) is 9.78 Å². The van der Waals surface area contributed by atoms with Gasteiger partial charge >= 0.3 is 0 Å². The average molecular weight is 428 g/mol. The first kappa shape index (κ1) is 20.0. The fourth-order valence-electron chi connectivity index (χ4n) is 4.68. The Kier molecular flexibility index (Phi) is 5.20.